The molecule has 3 aromatic heterocycles. The molecule has 1 N–H and O–H groups in total. The van der Waals surface area contributed by atoms with Gasteiger partial charge in [0, 0.05) is 32.1 Å². The van der Waals surface area contributed by atoms with Crippen LogP contribution in [0.1, 0.15) is 51.5 Å². The molecule has 2 unspecified atom stereocenters. The second-order valence-electron chi connectivity index (χ2n) is 8.55. The number of halogens is 1. The molecular formula is C23H30ClN7O2S. The third-order valence-electron chi connectivity index (χ3n) is 6.48. The van der Waals surface area contributed by atoms with Crippen molar-refractivity contribution in [3.63, 3.8) is 0 Å². The molecule has 1 aliphatic carbocycles. The number of pyridine rings is 1. The van der Waals surface area contributed by atoms with Gasteiger partial charge in [-0.2, -0.15) is 0 Å². The number of anilines is 1. The first-order valence-corrected chi connectivity index (χ1v) is 12.6. The Balaban J connectivity index is 1.58. The highest BCUT2D eigenvalue weighted by Gasteiger charge is 2.37. The van der Waals surface area contributed by atoms with Gasteiger partial charge in [0.05, 0.1) is 17.4 Å². The topological polar surface area (TPSA) is 99.9 Å². The maximum absolute atomic E-state index is 5.94. The lowest BCUT2D eigenvalue weighted by Crippen LogP contribution is -2.34. The molecule has 3 heterocycles. The monoisotopic (exact) mass is 503 g/mol. The third kappa shape index (κ3) is 5.29. The minimum absolute atomic E-state index is 0.0152. The second-order valence-corrected chi connectivity index (χ2v) is 10.2. The zero-order chi connectivity index (χ0) is 24.1. The first kappa shape index (κ1) is 24.7. The molecule has 0 aromatic carbocycles. The predicted molar refractivity (Wildman–Crippen MR) is 134 cm³/mol. The molecule has 0 aliphatic heterocycles. The summed E-state index contributed by atoms with van der Waals surface area (Å²) in [5.74, 6) is 2.53. The Labute approximate surface area is 209 Å². The molecule has 2 atom stereocenters. The van der Waals surface area contributed by atoms with Gasteiger partial charge < -0.3 is 9.47 Å². The standard InChI is InChI=1S/C23H30ClN7O2S/c1-5-23(10-7-11-23)14-31-21(17-8-6-9-18(27-17)32-3)28-29-22(31)30-34-15(2)19(33-4)20-25-12-16(24)13-26-20/h6,8-9,12-13,15,19H,5,7,10-11,14H2,1-4H3,(H,29,30). The number of aromatic nitrogens is 6. The molecule has 1 fully saturated rings. The van der Waals surface area contributed by atoms with Gasteiger partial charge in [-0.15, -0.1) is 10.2 Å². The first-order valence-electron chi connectivity index (χ1n) is 11.3. The highest BCUT2D eigenvalue weighted by atomic mass is 35.5. The summed E-state index contributed by atoms with van der Waals surface area (Å²) in [4.78, 5) is 13.2. The molecule has 3 aromatic rings. The van der Waals surface area contributed by atoms with Crippen molar-refractivity contribution in [3.8, 4) is 17.4 Å². The van der Waals surface area contributed by atoms with Gasteiger partial charge in [0.2, 0.25) is 11.8 Å². The highest BCUT2D eigenvalue weighted by molar-refractivity contribution is 8.01. The van der Waals surface area contributed by atoms with Crippen LogP contribution in [0.15, 0.2) is 30.6 Å². The van der Waals surface area contributed by atoms with E-state index in [4.69, 9.17) is 21.1 Å². The zero-order valence-electron chi connectivity index (χ0n) is 19.9. The summed E-state index contributed by atoms with van der Waals surface area (Å²) in [6.45, 7) is 5.14. The fraction of sp³-hybridized carbons (Fsp3) is 0.522. The molecule has 9 nitrogen and oxygen atoms in total. The van der Waals surface area contributed by atoms with Crippen LogP contribution < -0.4 is 9.46 Å². The van der Waals surface area contributed by atoms with Crippen molar-refractivity contribution in [1.29, 1.82) is 0 Å². The van der Waals surface area contributed by atoms with E-state index in [0.717, 1.165) is 24.5 Å². The van der Waals surface area contributed by atoms with Crippen molar-refractivity contribution >= 4 is 29.5 Å². The van der Waals surface area contributed by atoms with Crippen molar-refractivity contribution in [2.24, 2.45) is 5.41 Å². The summed E-state index contributed by atoms with van der Waals surface area (Å²) < 4.78 is 16.6. The Morgan fingerprint density at radius 1 is 1.21 bits per heavy atom. The smallest absolute Gasteiger partial charge is 0.234 e. The van der Waals surface area contributed by atoms with Crippen LogP contribution in [0.2, 0.25) is 5.02 Å². The number of nitrogens with one attached hydrogen (secondary N) is 1. The van der Waals surface area contributed by atoms with Crippen LogP contribution in [-0.4, -0.2) is 49.2 Å². The van der Waals surface area contributed by atoms with Crippen molar-refractivity contribution in [3.05, 3.63) is 41.4 Å². The van der Waals surface area contributed by atoms with E-state index in [2.05, 4.69) is 48.3 Å². The molecule has 1 saturated carbocycles. The Morgan fingerprint density at radius 3 is 2.59 bits per heavy atom. The minimum Gasteiger partial charge on any atom is -0.481 e. The Kier molecular flexibility index (Phi) is 7.90. The number of methoxy groups -OCH3 is 2. The maximum atomic E-state index is 5.94. The predicted octanol–water partition coefficient (Wildman–Crippen LogP) is 5.21. The van der Waals surface area contributed by atoms with Gasteiger partial charge in [0.25, 0.3) is 0 Å². The lowest BCUT2D eigenvalue weighted by Gasteiger charge is -2.42. The van der Waals surface area contributed by atoms with E-state index in [1.165, 1.54) is 31.2 Å². The van der Waals surface area contributed by atoms with E-state index in [1.54, 1.807) is 26.6 Å². The van der Waals surface area contributed by atoms with E-state index < -0.39 is 0 Å². The summed E-state index contributed by atoms with van der Waals surface area (Å²) in [7, 11) is 3.26. The fourth-order valence-electron chi connectivity index (χ4n) is 4.19. The van der Waals surface area contributed by atoms with Gasteiger partial charge in [-0.25, -0.2) is 15.0 Å². The SMILES string of the molecule is CCC1(Cn2c(NSC(C)C(OC)c3ncc(Cl)cn3)nnc2-c2cccc(OC)n2)CCC1. The van der Waals surface area contributed by atoms with Gasteiger partial charge in [-0.3, -0.25) is 9.29 Å². The average Bonchev–Trinajstić information content (AvgIpc) is 3.24. The number of nitrogens with zero attached hydrogens (tertiary/aromatic N) is 6. The molecule has 182 valence electrons. The number of rotatable bonds is 11. The summed E-state index contributed by atoms with van der Waals surface area (Å²) in [5, 5.41) is 9.45. The Hall–Kier alpha value is -2.43. The van der Waals surface area contributed by atoms with Crippen LogP contribution in [0, 0.1) is 5.41 Å². The Morgan fingerprint density at radius 2 is 1.97 bits per heavy atom. The summed E-state index contributed by atoms with van der Waals surface area (Å²) >= 11 is 7.43. The summed E-state index contributed by atoms with van der Waals surface area (Å²) in [6, 6.07) is 5.67. The van der Waals surface area contributed by atoms with E-state index >= 15 is 0 Å². The number of ether oxygens (including phenoxy) is 2. The molecule has 34 heavy (non-hydrogen) atoms. The third-order valence-corrected chi connectivity index (χ3v) is 7.60. The van der Waals surface area contributed by atoms with Gasteiger partial charge in [-0.05, 0) is 49.6 Å². The van der Waals surface area contributed by atoms with Crippen molar-refractivity contribution < 1.29 is 9.47 Å². The minimum atomic E-state index is -0.320. The number of hydrogen-bond acceptors (Lipinski definition) is 9. The van der Waals surface area contributed by atoms with Crippen LogP contribution in [-0.2, 0) is 11.3 Å². The second kappa shape index (κ2) is 10.9. The molecule has 0 bridgehead atoms. The van der Waals surface area contributed by atoms with E-state index in [1.807, 2.05) is 18.2 Å². The van der Waals surface area contributed by atoms with Crippen LogP contribution in [0.4, 0.5) is 5.95 Å². The summed E-state index contributed by atoms with van der Waals surface area (Å²) in [6.07, 6.45) is 7.61. The molecule has 4 rings (SSSR count). The quantitative estimate of drug-likeness (QED) is 0.353. The van der Waals surface area contributed by atoms with E-state index in [9.17, 15) is 0 Å². The van der Waals surface area contributed by atoms with Crippen molar-refractivity contribution in [2.45, 2.75) is 57.4 Å². The van der Waals surface area contributed by atoms with E-state index in [0.29, 0.717) is 22.7 Å². The van der Waals surface area contributed by atoms with Gasteiger partial charge >= 0.3 is 0 Å². The van der Waals surface area contributed by atoms with Crippen LogP contribution in [0.25, 0.3) is 11.5 Å². The largest absolute Gasteiger partial charge is 0.481 e. The highest BCUT2D eigenvalue weighted by Crippen LogP contribution is 2.46. The van der Waals surface area contributed by atoms with Crippen LogP contribution in [0.3, 0.4) is 0 Å². The fourth-order valence-corrected chi connectivity index (χ4v) is 5.09. The zero-order valence-corrected chi connectivity index (χ0v) is 21.4. The summed E-state index contributed by atoms with van der Waals surface area (Å²) in [5.41, 5.74) is 0.988. The van der Waals surface area contributed by atoms with E-state index in [-0.39, 0.29) is 16.8 Å². The molecule has 0 saturated heterocycles. The van der Waals surface area contributed by atoms with Gasteiger partial charge in [0.1, 0.15) is 11.8 Å². The molecule has 0 amide bonds. The lowest BCUT2D eigenvalue weighted by atomic mass is 9.67. The van der Waals surface area contributed by atoms with Crippen molar-refractivity contribution in [2.75, 3.05) is 18.9 Å². The average molecular weight is 504 g/mol. The van der Waals surface area contributed by atoms with Crippen molar-refractivity contribution in [1.82, 2.24) is 29.7 Å². The van der Waals surface area contributed by atoms with Gasteiger partial charge in [-0.1, -0.05) is 31.0 Å². The first-order chi connectivity index (χ1) is 16.5. The normalized spacial score (nSPS) is 16.5. The molecule has 0 radical (unpaired) electrons. The lowest BCUT2D eigenvalue weighted by molar-refractivity contribution is 0.0972. The molecular weight excluding hydrogens is 474 g/mol. The Bertz CT molecular complexity index is 1090. The molecule has 1 aliphatic rings. The molecule has 11 heteroatoms. The number of hydrogen-bond donors (Lipinski definition) is 1. The van der Waals surface area contributed by atoms with Crippen LogP contribution >= 0.6 is 23.5 Å². The molecule has 0 spiro atoms. The van der Waals surface area contributed by atoms with Crippen LogP contribution in [0.5, 0.6) is 5.88 Å². The maximum Gasteiger partial charge on any atom is 0.234 e. The van der Waals surface area contributed by atoms with Gasteiger partial charge in [0.15, 0.2) is 11.6 Å².